The van der Waals surface area contributed by atoms with E-state index >= 15 is 0 Å². The first-order valence-electron chi connectivity index (χ1n) is 8.06. The molecule has 0 fully saturated rings. The number of benzene rings is 1. The van der Waals surface area contributed by atoms with Crippen LogP contribution in [-0.2, 0) is 11.3 Å². The molecule has 3 N–H and O–H groups in total. The van der Waals surface area contributed by atoms with Crippen molar-refractivity contribution in [3.63, 3.8) is 0 Å². The number of nitrogens with zero attached hydrogens (tertiary/aromatic N) is 4. The van der Waals surface area contributed by atoms with E-state index in [0.717, 1.165) is 5.56 Å². The molecular formula is C17H17Cl2N5O4. The molecule has 0 radical (unpaired) electrons. The second-order valence-electron chi connectivity index (χ2n) is 6.09. The van der Waals surface area contributed by atoms with Gasteiger partial charge in [-0.25, -0.2) is 4.99 Å². The summed E-state index contributed by atoms with van der Waals surface area (Å²) in [5, 5.41) is 27.5. The first-order chi connectivity index (χ1) is 13.3. The van der Waals surface area contributed by atoms with E-state index in [1.54, 1.807) is 30.1 Å². The lowest BCUT2D eigenvalue weighted by atomic mass is 10.2. The van der Waals surface area contributed by atoms with Crippen LogP contribution < -0.4 is 5.32 Å². The quantitative estimate of drug-likeness (QED) is 0.688. The van der Waals surface area contributed by atoms with Crippen LogP contribution in [0.2, 0.25) is 10.0 Å². The standard InChI is InChI=1S/C17H17Cl2N5O4/c1-23(7-9-3-4-10(18)5-12(9)19)17-22-13(14(25)16(27)24(17)2)15(26)21-11-6-20-28-8-11/h3-6,8,16,25,27H,7H2,1-2H3,(H,21,26). The number of nitrogens with one attached hydrogen (secondary N) is 1. The van der Waals surface area contributed by atoms with Crippen LogP contribution in [-0.4, -0.2) is 57.4 Å². The minimum Gasteiger partial charge on any atom is -0.506 e. The van der Waals surface area contributed by atoms with E-state index in [4.69, 9.17) is 23.2 Å². The molecule has 0 saturated heterocycles. The van der Waals surface area contributed by atoms with Crippen LogP contribution in [0.25, 0.3) is 0 Å². The van der Waals surface area contributed by atoms with Crippen molar-refractivity contribution < 1.29 is 19.5 Å². The predicted octanol–water partition coefficient (Wildman–Crippen LogP) is 2.44. The van der Waals surface area contributed by atoms with E-state index < -0.39 is 17.9 Å². The van der Waals surface area contributed by atoms with Gasteiger partial charge >= 0.3 is 0 Å². The first kappa shape index (κ1) is 20.0. The highest BCUT2D eigenvalue weighted by Gasteiger charge is 2.33. The molecule has 1 unspecified atom stereocenters. The topological polar surface area (TPSA) is 114 Å². The summed E-state index contributed by atoms with van der Waals surface area (Å²) in [6.45, 7) is 0.327. The van der Waals surface area contributed by atoms with Gasteiger partial charge in [0.25, 0.3) is 5.91 Å². The summed E-state index contributed by atoms with van der Waals surface area (Å²) in [6.07, 6.45) is 1.07. The van der Waals surface area contributed by atoms with Gasteiger partial charge in [-0.3, -0.25) is 4.79 Å². The number of aromatic nitrogens is 1. The van der Waals surface area contributed by atoms with Crippen LogP contribution in [0.3, 0.4) is 0 Å². The molecule has 1 aromatic carbocycles. The Bertz CT molecular complexity index is 945. The predicted molar refractivity (Wildman–Crippen MR) is 104 cm³/mol. The maximum Gasteiger partial charge on any atom is 0.278 e. The van der Waals surface area contributed by atoms with E-state index in [0.29, 0.717) is 16.6 Å². The number of carbonyl (C=O) groups is 1. The number of rotatable bonds is 4. The molecule has 28 heavy (non-hydrogen) atoms. The summed E-state index contributed by atoms with van der Waals surface area (Å²) >= 11 is 12.1. The van der Waals surface area contributed by atoms with Gasteiger partial charge < -0.3 is 29.9 Å². The molecule has 0 aliphatic carbocycles. The molecule has 0 spiro atoms. The van der Waals surface area contributed by atoms with Crippen molar-refractivity contribution in [3.8, 4) is 0 Å². The smallest absolute Gasteiger partial charge is 0.278 e. The van der Waals surface area contributed by atoms with E-state index in [2.05, 4.69) is 20.0 Å². The lowest BCUT2D eigenvalue weighted by Crippen LogP contribution is -2.49. The molecule has 2 heterocycles. The molecule has 1 amide bonds. The largest absolute Gasteiger partial charge is 0.506 e. The second kappa shape index (κ2) is 8.09. The first-order valence-corrected chi connectivity index (χ1v) is 8.82. The van der Waals surface area contributed by atoms with Crippen molar-refractivity contribution in [2.45, 2.75) is 12.8 Å². The number of hydrogen-bond acceptors (Lipinski definition) is 8. The summed E-state index contributed by atoms with van der Waals surface area (Å²) in [5.41, 5.74) is 0.737. The average Bonchev–Trinajstić information content (AvgIpc) is 3.15. The van der Waals surface area contributed by atoms with Crippen LogP contribution in [0.4, 0.5) is 5.69 Å². The third-order valence-corrected chi connectivity index (χ3v) is 4.64. The van der Waals surface area contributed by atoms with Crippen LogP contribution >= 0.6 is 23.2 Å². The minimum absolute atomic E-state index is 0.256. The molecule has 1 atom stereocenters. The van der Waals surface area contributed by atoms with Gasteiger partial charge in [-0.15, -0.1) is 0 Å². The molecule has 9 nitrogen and oxygen atoms in total. The number of aliphatic hydroxyl groups excluding tert-OH is 2. The SMILES string of the molecule is CN(Cc1ccc(Cl)cc1Cl)C1=NC(C(=O)Nc2cnoc2)=C(O)C(O)N1C. The molecule has 148 valence electrons. The van der Waals surface area contributed by atoms with Gasteiger partial charge in [0.2, 0.25) is 5.96 Å². The second-order valence-corrected chi connectivity index (χ2v) is 6.93. The zero-order valence-corrected chi connectivity index (χ0v) is 16.4. The van der Waals surface area contributed by atoms with Crippen molar-refractivity contribution in [2.24, 2.45) is 4.99 Å². The number of likely N-dealkylation sites (N-methyl/N-ethyl adjacent to an activating group) is 1. The van der Waals surface area contributed by atoms with Gasteiger partial charge in [-0.1, -0.05) is 34.4 Å². The van der Waals surface area contributed by atoms with Gasteiger partial charge in [0.15, 0.2) is 17.7 Å². The Morgan fingerprint density at radius 2 is 2.18 bits per heavy atom. The average molecular weight is 426 g/mol. The van der Waals surface area contributed by atoms with Gasteiger partial charge in [0, 0.05) is 30.7 Å². The third-order valence-electron chi connectivity index (χ3n) is 4.05. The molecule has 11 heteroatoms. The third kappa shape index (κ3) is 4.06. The molecule has 0 saturated carbocycles. The van der Waals surface area contributed by atoms with Crippen LogP contribution in [0.5, 0.6) is 0 Å². The van der Waals surface area contributed by atoms with E-state index in [-0.39, 0.29) is 17.3 Å². The van der Waals surface area contributed by atoms with E-state index in [9.17, 15) is 15.0 Å². The lowest BCUT2D eigenvalue weighted by molar-refractivity contribution is -0.113. The van der Waals surface area contributed by atoms with Crippen molar-refractivity contribution in [3.05, 3.63) is 57.7 Å². The highest BCUT2D eigenvalue weighted by atomic mass is 35.5. The maximum atomic E-state index is 12.5. The van der Waals surface area contributed by atoms with Crippen LogP contribution in [0.15, 0.2) is 51.6 Å². The van der Waals surface area contributed by atoms with E-state index in [1.165, 1.54) is 24.4 Å². The fraction of sp³-hybridized carbons (Fsp3) is 0.235. The Kier molecular flexibility index (Phi) is 5.78. The van der Waals surface area contributed by atoms with Crippen LogP contribution in [0, 0.1) is 0 Å². The number of aliphatic hydroxyl groups is 2. The Labute approximate surface area is 170 Å². The number of amides is 1. The Hall–Kier alpha value is -2.75. The number of halogens is 2. The lowest BCUT2D eigenvalue weighted by Gasteiger charge is -2.35. The summed E-state index contributed by atoms with van der Waals surface area (Å²) in [6, 6.07) is 5.10. The molecular weight excluding hydrogens is 409 g/mol. The maximum absolute atomic E-state index is 12.5. The normalized spacial score (nSPS) is 16.8. The highest BCUT2D eigenvalue weighted by Crippen LogP contribution is 2.25. The van der Waals surface area contributed by atoms with Crippen LogP contribution in [0.1, 0.15) is 5.56 Å². The summed E-state index contributed by atoms with van der Waals surface area (Å²) in [4.78, 5) is 19.7. The monoisotopic (exact) mass is 425 g/mol. The zero-order valence-electron chi connectivity index (χ0n) is 14.9. The Balaban J connectivity index is 1.86. The number of carbonyl (C=O) groups excluding carboxylic acids is 1. The molecule has 2 aromatic rings. The zero-order chi connectivity index (χ0) is 20.4. The minimum atomic E-state index is -1.45. The molecule has 0 bridgehead atoms. The van der Waals surface area contributed by atoms with Crippen molar-refractivity contribution >= 4 is 40.8 Å². The fourth-order valence-electron chi connectivity index (χ4n) is 2.61. The Morgan fingerprint density at radius 3 is 2.82 bits per heavy atom. The molecule has 1 aliphatic rings. The number of anilines is 1. The molecule has 1 aromatic heterocycles. The number of guanidine groups is 1. The van der Waals surface area contributed by atoms with Gasteiger partial charge in [-0.2, -0.15) is 0 Å². The number of aliphatic imine (C=N–C) groups is 1. The van der Waals surface area contributed by atoms with Crippen molar-refractivity contribution in [2.75, 3.05) is 19.4 Å². The van der Waals surface area contributed by atoms with Gasteiger partial charge in [-0.05, 0) is 17.7 Å². The highest BCUT2D eigenvalue weighted by molar-refractivity contribution is 6.35. The van der Waals surface area contributed by atoms with Crippen molar-refractivity contribution in [1.82, 2.24) is 15.0 Å². The number of hydrogen-bond donors (Lipinski definition) is 3. The molecule has 1 aliphatic heterocycles. The Morgan fingerprint density at radius 1 is 1.43 bits per heavy atom. The molecule has 3 rings (SSSR count). The van der Waals surface area contributed by atoms with Gasteiger partial charge in [0.05, 0.1) is 6.20 Å². The summed E-state index contributed by atoms with van der Waals surface area (Å²) in [7, 11) is 3.25. The van der Waals surface area contributed by atoms with E-state index in [1.807, 2.05) is 0 Å². The summed E-state index contributed by atoms with van der Waals surface area (Å²) < 4.78 is 4.65. The van der Waals surface area contributed by atoms with Crippen molar-refractivity contribution in [1.29, 1.82) is 0 Å². The fourth-order valence-corrected chi connectivity index (χ4v) is 3.07. The summed E-state index contributed by atoms with van der Waals surface area (Å²) in [5.74, 6) is -1.03. The van der Waals surface area contributed by atoms with Gasteiger partial charge in [0.1, 0.15) is 12.0 Å².